The Morgan fingerprint density at radius 1 is 1.22 bits per heavy atom. The van der Waals surface area contributed by atoms with E-state index < -0.39 is 0 Å². The molecule has 1 aromatic carbocycles. The first kappa shape index (κ1) is 13.5. The highest BCUT2D eigenvalue weighted by Crippen LogP contribution is 2.23. The number of aromatic nitrogens is 1. The Kier molecular flexibility index (Phi) is 4.38. The van der Waals surface area contributed by atoms with Crippen LogP contribution in [0.25, 0.3) is 0 Å². The predicted octanol–water partition coefficient (Wildman–Crippen LogP) is 4.58. The first-order chi connectivity index (χ1) is 8.56. The smallest absolute Gasteiger partial charge is 0.168 e. The summed E-state index contributed by atoms with van der Waals surface area (Å²) >= 11 is 14.9. The van der Waals surface area contributed by atoms with Crippen LogP contribution in [0, 0.1) is 0 Å². The Labute approximate surface area is 123 Å². The van der Waals surface area contributed by atoms with Gasteiger partial charge in [-0.05, 0) is 46.3 Å². The van der Waals surface area contributed by atoms with E-state index in [1.165, 1.54) is 0 Å². The SMILES string of the molecule is O=C(Cc1cccc(Cl)n1)c1ccc(Cl)c(Br)c1. The summed E-state index contributed by atoms with van der Waals surface area (Å²) in [7, 11) is 0. The number of rotatable bonds is 3. The molecule has 0 aliphatic carbocycles. The third kappa shape index (κ3) is 3.31. The van der Waals surface area contributed by atoms with Crippen LogP contribution in [0.3, 0.4) is 0 Å². The molecule has 0 saturated heterocycles. The van der Waals surface area contributed by atoms with E-state index in [4.69, 9.17) is 23.2 Å². The molecule has 0 saturated carbocycles. The first-order valence-corrected chi connectivity index (χ1v) is 6.71. The molecule has 2 rings (SSSR count). The van der Waals surface area contributed by atoms with Crippen LogP contribution in [0.4, 0.5) is 0 Å². The van der Waals surface area contributed by atoms with E-state index in [0.717, 1.165) is 0 Å². The van der Waals surface area contributed by atoms with Crippen molar-refractivity contribution in [1.29, 1.82) is 0 Å². The van der Waals surface area contributed by atoms with Crippen LogP contribution < -0.4 is 0 Å². The Morgan fingerprint density at radius 2 is 2.00 bits per heavy atom. The van der Waals surface area contributed by atoms with Gasteiger partial charge in [0, 0.05) is 15.7 Å². The predicted molar refractivity (Wildman–Crippen MR) is 76.4 cm³/mol. The van der Waals surface area contributed by atoms with Crippen LogP contribution in [0.5, 0.6) is 0 Å². The lowest BCUT2D eigenvalue weighted by Crippen LogP contribution is -2.05. The van der Waals surface area contributed by atoms with Gasteiger partial charge in [0.2, 0.25) is 0 Å². The molecule has 0 aliphatic heterocycles. The summed E-state index contributed by atoms with van der Waals surface area (Å²) < 4.78 is 0.703. The van der Waals surface area contributed by atoms with Crippen LogP contribution in [0.15, 0.2) is 40.9 Å². The van der Waals surface area contributed by atoms with Gasteiger partial charge in [0.05, 0.1) is 11.4 Å². The van der Waals surface area contributed by atoms with Crippen LogP contribution in [-0.2, 0) is 6.42 Å². The number of halogens is 3. The van der Waals surface area contributed by atoms with Crippen molar-refractivity contribution in [3.63, 3.8) is 0 Å². The minimum absolute atomic E-state index is 0.0258. The molecule has 1 aromatic heterocycles. The standard InChI is InChI=1S/C13H8BrCl2NO/c14-10-6-8(4-5-11(10)15)12(18)7-9-2-1-3-13(16)17-9/h1-6H,7H2. The Balaban J connectivity index is 2.19. The molecule has 92 valence electrons. The monoisotopic (exact) mass is 343 g/mol. The molecule has 0 radical (unpaired) electrons. The van der Waals surface area contributed by atoms with E-state index in [2.05, 4.69) is 20.9 Å². The van der Waals surface area contributed by atoms with Crippen molar-refractivity contribution in [3.8, 4) is 0 Å². The molecule has 2 aromatic rings. The average Bonchev–Trinajstić information content (AvgIpc) is 2.32. The van der Waals surface area contributed by atoms with Gasteiger partial charge in [-0.3, -0.25) is 4.79 Å². The van der Waals surface area contributed by atoms with Crippen molar-refractivity contribution in [2.45, 2.75) is 6.42 Å². The Morgan fingerprint density at radius 3 is 2.67 bits per heavy atom. The summed E-state index contributed by atoms with van der Waals surface area (Å²) in [5.74, 6) is -0.0258. The molecular weight excluding hydrogens is 337 g/mol. The minimum atomic E-state index is -0.0258. The van der Waals surface area contributed by atoms with Crippen molar-refractivity contribution in [2.24, 2.45) is 0 Å². The molecule has 1 heterocycles. The molecule has 18 heavy (non-hydrogen) atoms. The maximum Gasteiger partial charge on any atom is 0.168 e. The first-order valence-electron chi connectivity index (χ1n) is 5.16. The molecule has 5 heteroatoms. The number of hydrogen-bond acceptors (Lipinski definition) is 2. The number of nitrogens with zero attached hydrogens (tertiary/aromatic N) is 1. The normalized spacial score (nSPS) is 10.4. The van der Waals surface area contributed by atoms with E-state index >= 15 is 0 Å². The number of benzene rings is 1. The highest BCUT2D eigenvalue weighted by molar-refractivity contribution is 9.10. The second-order valence-corrected chi connectivity index (χ2v) is 5.33. The summed E-state index contributed by atoms with van der Waals surface area (Å²) in [6, 6.07) is 10.3. The number of carbonyl (C=O) groups excluding carboxylic acids is 1. The number of ketones is 1. The lowest BCUT2D eigenvalue weighted by Gasteiger charge is -2.03. The molecule has 0 N–H and O–H groups in total. The minimum Gasteiger partial charge on any atom is -0.294 e. The van der Waals surface area contributed by atoms with Crippen molar-refractivity contribution in [2.75, 3.05) is 0 Å². The van der Waals surface area contributed by atoms with Crippen molar-refractivity contribution >= 4 is 44.9 Å². The highest BCUT2D eigenvalue weighted by atomic mass is 79.9. The van der Waals surface area contributed by atoms with E-state index in [0.29, 0.717) is 25.9 Å². The van der Waals surface area contributed by atoms with Gasteiger partial charge in [-0.15, -0.1) is 0 Å². The number of carbonyl (C=O) groups is 1. The van der Waals surface area contributed by atoms with Crippen LogP contribution in [0.2, 0.25) is 10.2 Å². The zero-order valence-corrected chi connectivity index (χ0v) is 12.3. The fourth-order valence-corrected chi connectivity index (χ4v) is 2.16. The van der Waals surface area contributed by atoms with Gasteiger partial charge in [-0.2, -0.15) is 0 Å². The maximum absolute atomic E-state index is 12.0. The van der Waals surface area contributed by atoms with Crippen LogP contribution in [0.1, 0.15) is 16.1 Å². The third-order valence-corrected chi connectivity index (χ3v) is 3.78. The summed E-state index contributed by atoms with van der Waals surface area (Å²) in [6.07, 6.45) is 0.217. The highest BCUT2D eigenvalue weighted by Gasteiger charge is 2.10. The maximum atomic E-state index is 12.0. The van der Waals surface area contributed by atoms with E-state index in [9.17, 15) is 4.79 Å². The summed E-state index contributed by atoms with van der Waals surface area (Å²) in [5.41, 5.74) is 1.24. The van der Waals surface area contributed by atoms with Gasteiger partial charge in [0.15, 0.2) is 5.78 Å². The third-order valence-electron chi connectivity index (χ3n) is 2.36. The molecule has 0 aliphatic rings. The number of pyridine rings is 1. The van der Waals surface area contributed by atoms with Gasteiger partial charge >= 0.3 is 0 Å². The topological polar surface area (TPSA) is 30.0 Å². The second-order valence-electron chi connectivity index (χ2n) is 3.68. The fourth-order valence-electron chi connectivity index (χ4n) is 1.48. The van der Waals surface area contributed by atoms with Gasteiger partial charge in [0.1, 0.15) is 5.15 Å². The van der Waals surface area contributed by atoms with E-state index in [1.807, 2.05) is 0 Å². The summed E-state index contributed by atoms with van der Waals surface area (Å²) in [6.45, 7) is 0. The molecular formula is C13H8BrCl2NO. The second kappa shape index (κ2) is 5.83. The van der Waals surface area contributed by atoms with Gasteiger partial charge in [-0.1, -0.05) is 29.3 Å². The van der Waals surface area contributed by atoms with Gasteiger partial charge in [-0.25, -0.2) is 4.98 Å². The van der Waals surface area contributed by atoms with Crippen molar-refractivity contribution in [1.82, 2.24) is 4.98 Å². The lowest BCUT2D eigenvalue weighted by molar-refractivity contribution is 0.0992. The fraction of sp³-hybridized carbons (Fsp3) is 0.0769. The molecule has 0 spiro atoms. The van der Waals surface area contributed by atoms with E-state index in [1.54, 1.807) is 36.4 Å². The molecule has 2 nitrogen and oxygen atoms in total. The molecule has 0 amide bonds. The van der Waals surface area contributed by atoms with Gasteiger partial charge in [0.25, 0.3) is 0 Å². The van der Waals surface area contributed by atoms with Crippen molar-refractivity contribution in [3.05, 3.63) is 62.3 Å². The van der Waals surface area contributed by atoms with E-state index in [-0.39, 0.29) is 12.2 Å². The molecule has 0 bridgehead atoms. The zero-order chi connectivity index (χ0) is 13.1. The Bertz CT molecular complexity index is 601. The van der Waals surface area contributed by atoms with Crippen LogP contribution >= 0.6 is 39.1 Å². The van der Waals surface area contributed by atoms with Crippen LogP contribution in [-0.4, -0.2) is 10.8 Å². The average molecular weight is 345 g/mol. The quantitative estimate of drug-likeness (QED) is 0.602. The molecule has 0 unspecified atom stereocenters. The Hall–Kier alpha value is -0.900. The molecule has 0 fully saturated rings. The molecule has 0 atom stereocenters. The number of hydrogen-bond donors (Lipinski definition) is 0. The largest absolute Gasteiger partial charge is 0.294 e. The number of Topliss-reactive ketones (excluding diaryl/α,β-unsaturated/α-hetero) is 1. The van der Waals surface area contributed by atoms with Crippen molar-refractivity contribution < 1.29 is 4.79 Å². The van der Waals surface area contributed by atoms with Gasteiger partial charge < -0.3 is 0 Å². The zero-order valence-electron chi connectivity index (χ0n) is 9.16. The summed E-state index contributed by atoms with van der Waals surface area (Å²) in [4.78, 5) is 16.1. The lowest BCUT2D eigenvalue weighted by atomic mass is 10.1. The summed E-state index contributed by atoms with van der Waals surface area (Å²) in [5, 5.41) is 0.963.